The molecule has 4 heteroatoms. The minimum absolute atomic E-state index is 0.0598. The molecule has 0 spiro atoms. The van der Waals surface area contributed by atoms with Crippen molar-refractivity contribution >= 4 is 17.3 Å². The van der Waals surface area contributed by atoms with Crippen LogP contribution in [-0.2, 0) is 6.42 Å². The number of rotatable bonds is 4. The zero-order valence-electron chi connectivity index (χ0n) is 11.0. The molecule has 0 radical (unpaired) electrons. The van der Waals surface area contributed by atoms with Crippen LogP contribution in [0.3, 0.4) is 0 Å². The van der Waals surface area contributed by atoms with Crippen molar-refractivity contribution in [1.82, 2.24) is 4.98 Å². The minimum atomic E-state index is -1.02. The second kappa shape index (κ2) is 5.52. The fourth-order valence-corrected chi connectivity index (χ4v) is 1.93. The number of hydrogen-bond acceptors (Lipinski definition) is 3. The molecule has 0 fully saturated rings. The standard InChI is InChI=1S/C15H16N2O2/c1-3-11-6-8-12(9-7-11)17(2)13-5-4-10-16-14(13)15(18)19/h4-10H,3H2,1-2H3,(H,18,19). The fraction of sp³-hybridized carbons (Fsp3) is 0.200. The number of anilines is 2. The summed E-state index contributed by atoms with van der Waals surface area (Å²) in [6.45, 7) is 2.10. The first-order valence-corrected chi connectivity index (χ1v) is 6.14. The molecule has 0 saturated heterocycles. The predicted octanol–water partition coefficient (Wildman–Crippen LogP) is 3.11. The van der Waals surface area contributed by atoms with Gasteiger partial charge in [0.05, 0.1) is 5.69 Å². The zero-order valence-corrected chi connectivity index (χ0v) is 11.0. The number of pyridine rings is 1. The van der Waals surface area contributed by atoms with Gasteiger partial charge in [0, 0.05) is 18.9 Å². The molecule has 0 aliphatic carbocycles. The van der Waals surface area contributed by atoms with Gasteiger partial charge in [-0.1, -0.05) is 19.1 Å². The van der Waals surface area contributed by atoms with Gasteiger partial charge in [0.15, 0.2) is 5.69 Å². The van der Waals surface area contributed by atoms with Crippen LogP contribution in [0.5, 0.6) is 0 Å². The number of aryl methyl sites for hydroxylation is 1. The average Bonchev–Trinajstić information content (AvgIpc) is 2.46. The molecule has 0 saturated carbocycles. The summed E-state index contributed by atoms with van der Waals surface area (Å²) in [4.78, 5) is 16.9. The van der Waals surface area contributed by atoms with Gasteiger partial charge in [-0.15, -0.1) is 0 Å². The molecule has 1 N–H and O–H groups in total. The van der Waals surface area contributed by atoms with Crippen molar-refractivity contribution in [3.05, 3.63) is 53.9 Å². The zero-order chi connectivity index (χ0) is 13.8. The summed E-state index contributed by atoms with van der Waals surface area (Å²) in [5.74, 6) is -1.02. The molecule has 0 aliphatic rings. The Bertz CT molecular complexity index is 579. The normalized spacial score (nSPS) is 10.2. The van der Waals surface area contributed by atoms with Crippen LogP contribution < -0.4 is 4.90 Å². The highest BCUT2D eigenvalue weighted by Gasteiger charge is 2.15. The van der Waals surface area contributed by atoms with E-state index in [2.05, 4.69) is 11.9 Å². The number of carboxylic acid groups (broad SMARTS) is 1. The molecule has 2 aromatic rings. The third kappa shape index (κ3) is 2.73. The number of aromatic carboxylic acids is 1. The molecule has 0 atom stereocenters. The first-order valence-electron chi connectivity index (χ1n) is 6.14. The predicted molar refractivity (Wildman–Crippen MR) is 75.1 cm³/mol. The molecule has 2 rings (SSSR count). The molecule has 1 aromatic heterocycles. The Morgan fingerprint density at radius 1 is 1.26 bits per heavy atom. The molecule has 0 aliphatic heterocycles. The SMILES string of the molecule is CCc1ccc(N(C)c2cccnc2C(=O)O)cc1. The van der Waals surface area contributed by atoms with E-state index in [1.807, 2.05) is 36.2 Å². The first-order chi connectivity index (χ1) is 9.13. The second-order valence-corrected chi connectivity index (χ2v) is 4.26. The van der Waals surface area contributed by atoms with E-state index in [9.17, 15) is 4.79 Å². The van der Waals surface area contributed by atoms with Crippen LogP contribution >= 0.6 is 0 Å². The van der Waals surface area contributed by atoms with Gasteiger partial charge in [-0.3, -0.25) is 0 Å². The molecule has 98 valence electrons. The van der Waals surface area contributed by atoms with Gasteiger partial charge in [0.1, 0.15) is 0 Å². The van der Waals surface area contributed by atoms with Gasteiger partial charge in [0.25, 0.3) is 0 Å². The van der Waals surface area contributed by atoms with Gasteiger partial charge in [-0.05, 0) is 36.2 Å². The lowest BCUT2D eigenvalue weighted by atomic mass is 10.1. The summed E-state index contributed by atoms with van der Waals surface area (Å²) >= 11 is 0. The van der Waals surface area contributed by atoms with Crippen molar-refractivity contribution < 1.29 is 9.90 Å². The number of carbonyl (C=O) groups is 1. The summed E-state index contributed by atoms with van der Waals surface area (Å²) in [7, 11) is 1.84. The Kier molecular flexibility index (Phi) is 3.80. The summed E-state index contributed by atoms with van der Waals surface area (Å²) in [6, 6.07) is 11.5. The van der Waals surface area contributed by atoms with E-state index in [4.69, 9.17) is 5.11 Å². The highest BCUT2D eigenvalue weighted by Crippen LogP contribution is 2.26. The van der Waals surface area contributed by atoms with E-state index in [-0.39, 0.29) is 5.69 Å². The third-order valence-electron chi connectivity index (χ3n) is 3.08. The van der Waals surface area contributed by atoms with Crippen LogP contribution in [-0.4, -0.2) is 23.1 Å². The summed E-state index contributed by atoms with van der Waals surface area (Å²) in [6.07, 6.45) is 2.47. The van der Waals surface area contributed by atoms with Crippen LogP contribution in [0.25, 0.3) is 0 Å². The van der Waals surface area contributed by atoms with Crippen molar-refractivity contribution in [3.63, 3.8) is 0 Å². The molecule has 0 unspecified atom stereocenters. The number of hydrogen-bond donors (Lipinski definition) is 1. The van der Waals surface area contributed by atoms with Crippen molar-refractivity contribution in [2.45, 2.75) is 13.3 Å². The summed E-state index contributed by atoms with van der Waals surface area (Å²) in [5, 5.41) is 9.15. The monoisotopic (exact) mass is 256 g/mol. The van der Waals surface area contributed by atoms with Gasteiger partial charge in [-0.2, -0.15) is 0 Å². The highest BCUT2D eigenvalue weighted by molar-refractivity contribution is 5.93. The number of aromatic nitrogens is 1. The Labute approximate surface area is 112 Å². The number of nitrogens with zero attached hydrogens (tertiary/aromatic N) is 2. The molecule has 0 amide bonds. The maximum absolute atomic E-state index is 11.2. The fourth-order valence-electron chi connectivity index (χ4n) is 1.93. The topological polar surface area (TPSA) is 53.4 Å². The van der Waals surface area contributed by atoms with Crippen molar-refractivity contribution in [2.24, 2.45) is 0 Å². The minimum Gasteiger partial charge on any atom is -0.476 e. The summed E-state index contributed by atoms with van der Waals surface area (Å²) < 4.78 is 0. The van der Waals surface area contributed by atoms with Crippen LogP contribution in [0.15, 0.2) is 42.6 Å². The quantitative estimate of drug-likeness (QED) is 0.913. The highest BCUT2D eigenvalue weighted by atomic mass is 16.4. The largest absolute Gasteiger partial charge is 0.476 e. The Hall–Kier alpha value is -2.36. The van der Waals surface area contributed by atoms with E-state index < -0.39 is 5.97 Å². The van der Waals surface area contributed by atoms with Crippen molar-refractivity contribution in [1.29, 1.82) is 0 Å². The molecule has 1 heterocycles. The lowest BCUT2D eigenvalue weighted by molar-refractivity contribution is 0.0691. The number of carboxylic acids is 1. The van der Waals surface area contributed by atoms with E-state index >= 15 is 0 Å². The molecular weight excluding hydrogens is 240 g/mol. The van der Waals surface area contributed by atoms with E-state index in [0.717, 1.165) is 12.1 Å². The average molecular weight is 256 g/mol. The Morgan fingerprint density at radius 2 is 1.95 bits per heavy atom. The maximum Gasteiger partial charge on any atom is 0.356 e. The molecule has 0 bridgehead atoms. The van der Waals surface area contributed by atoms with Gasteiger partial charge < -0.3 is 10.0 Å². The summed E-state index contributed by atoms with van der Waals surface area (Å²) in [5.41, 5.74) is 2.83. The molecule has 4 nitrogen and oxygen atoms in total. The lowest BCUT2D eigenvalue weighted by Gasteiger charge is -2.20. The Balaban J connectivity index is 2.37. The van der Waals surface area contributed by atoms with Crippen LogP contribution in [0.2, 0.25) is 0 Å². The lowest BCUT2D eigenvalue weighted by Crippen LogP contribution is -2.15. The van der Waals surface area contributed by atoms with E-state index in [0.29, 0.717) is 5.69 Å². The molecular formula is C15H16N2O2. The second-order valence-electron chi connectivity index (χ2n) is 4.26. The molecule has 1 aromatic carbocycles. The molecule has 19 heavy (non-hydrogen) atoms. The maximum atomic E-state index is 11.2. The smallest absolute Gasteiger partial charge is 0.356 e. The van der Waals surface area contributed by atoms with Crippen LogP contribution in [0.4, 0.5) is 11.4 Å². The Morgan fingerprint density at radius 3 is 2.53 bits per heavy atom. The number of benzene rings is 1. The van der Waals surface area contributed by atoms with Crippen molar-refractivity contribution in [2.75, 3.05) is 11.9 Å². The van der Waals surface area contributed by atoms with Crippen LogP contribution in [0.1, 0.15) is 23.0 Å². The van der Waals surface area contributed by atoms with E-state index in [1.54, 1.807) is 12.1 Å². The third-order valence-corrected chi connectivity index (χ3v) is 3.08. The van der Waals surface area contributed by atoms with Crippen LogP contribution in [0, 0.1) is 0 Å². The van der Waals surface area contributed by atoms with Gasteiger partial charge in [-0.25, -0.2) is 9.78 Å². The van der Waals surface area contributed by atoms with Gasteiger partial charge >= 0.3 is 5.97 Å². The van der Waals surface area contributed by atoms with E-state index in [1.165, 1.54) is 11.8 Å². The van der Waals surface area contributed by atoms with Gasteiger partial charge in [0.2, 0.25) is 0 Å². The first kappa shape index (κ1) is 13.1. The van der Waals surface area contributed by atoms with Crippen molar-refractivity contribution in [3.8, 4) is 0 Å².